The average molecular weight is 416 g/mol. The highest BCUT2D eigenvalue weighted by molar-refractivity contribution is 6.42. The van der Waals surface area contributed by atoms with Crippen molar-refractivity contribution < 1.29 is 4.79 Å². The second-order valence-corrected chi connectivity index (χ2v) is 7.65. The number of hydrogen-bond acceptors (Lipinski definition) is 2. The van der Waals surface area contributed by atoms with Crippen LogP contribution in [0.25, 0.3) is 16.9 Å². The number of rotatable bonds is 6. The molecular formula is C22H23Cl2N3O. The molecule has 1 aromatic heterocycles. The highest BCUT2D eigenvalue weighted by atomic mass is 35.5. The van der Waals surface area contributed by atoms with E-state index >= 15 is 0 Å². The van der Waals surface area contributed by atoms with Gasteiger partial charge in [0.15, 0.2) is 0 Å². The first kappa shape index (κ1) is 20.4. The van der Waals surface area contributed by atoms with Gasteiger partial charge in [0.1, 0.15) is 5.69 Å². The molecule has 3 rings (SSSR count). The molecule has 0 atom stereocenters. The van der Waals surface area contributed by atoms with Gasteiger partial charge < -0.3 is 5.32 Å². The fourth-order valence-electron chi connectivity index (χ4n) is 2.87. The molecule has 1 amide bonds. The second-order valence-electron chi connectivity index (χ2n) is 6.83. The van der Waals surface area contributed by atoms with Gasteiger partial charge in [-0.05, 0) is 61.7 Å². The fourth-order valence-corrected chi connectivity index (χ4v) is 3.16. The van der Waals surface area contributed by atoms with E-state index in [2.05, 4.69) is 38.2 Å². The summed E-state index contributed by atoms with van der Waals surface area (Å²) in [4.78, 5) is 12.8. The smallest absolute Gasteiger partial charge is 0.270 e. The molecule has 146 valence electrons. The predicted molar refractivity (Wildman–Crippen MR) is 116 cm³/mol. The van der Waals surface area contributed by atoms with Crippen molar-refractivity contribution in [2.24, 2.45) is 0 Å². The second kappa shape index (κ2) is 8.80. The summed E-state index contributed by atoms with van der Waals surface area (Å²) < 4.78 is 1.62. The Balaban J connectivity index is 2.07. The summed E-state index contributed by atoms with van der Waals surface area (Å²) in [7, 11) is 0. The quantitative estimate of drug-likeness (QED) is 0.502. The molecule has 4 nitrogen and oxygen atoms in total. The Bertz CT molecular complexity index is 1010. The summed E-state index contributed by atoms with van der Waals surface area (Å²) >= 11 is 12.2. The zero-order valence-corrected chi connectivity index (χ0v) is 17.7. The van der Waals surface area contributed by atoms with Crippen LogP contribution in [-0.2, 0) is 0 Å². The third-order valence-corrected chi connectivity index (χ3v) is 5.45. The largest absolute Gasteiger partial charge is 0.351 e. The zero-order chi connectivity index (χ0) is 20.3. The molecule has 1 heterocycles. The number of unbranched alkanes of at least 4 members (excludes halogenated alkanes) is 1. The number of hydrogen-bond donors (Lipinski definition) is 1. The Morgan fingerprint density at radius 2 is 1.82 bits per heavy atom. The maximum atomic E-state index is 12.8. The maximum Gasteiger partial charge on any atom is 0.270 e. The lowest BCUT2D eigenvalue weighted by molar-refractivity contribution is 0.0945. The summed E-state index contributed by atoms with van der Waals surface area (Å²) in [5.74, 6) is -0.165. The van der Waals surface area contributed by atoms with Crippen molar-refractivity contribution in [1.29, 1.82) is 0 Å². The van der Waals surface area contributed by atoms with Gasteiger partial charge in [0, 0.05) is 12.1 Å². The number of amides is 1. The van der Waals surface area contributed by atoms with E-state index in [1.165, 1.54) is 11.1 Å². The van der Waals surface area contributed by atoms with Crippen LogP contribution in [0.5, 0.6) is 0 Å². The Labute approximate surface area is 175 Å². The molecule has 0 aliphatic carbocycles. The molecule has 1 N–H and O–H groups in total. The molecule has 0 bridgehead atoms. The molecule has 0 unspecified atom stereocenters. The Morgan fingerprint density at radius 3 is 2.50 bits per heavy atom. The van der Waals surface area contributed by atoms with Crippen LogP contribution in [0, 0.1) is 13.8 Å². The molecule has 0 aliphatic heterocycles. The van der Waals surface area contributed by atoms with Crippen LogP contribution in [0.2, 0.25) is 10.0 Å². The van der Waals surface area contributed by atoms with E-state index in [4.69, 9.17) is 28.3 Å². The first-order chi connectivity index (χ1) is 13.4. The Hall–Kier alpha value is -2.30. The van der Waals surface area contributed by atoms with Gasteiger partial charge in [0.2, 0.25) is 0 Å². The number of nitrogens with zero attached hydrogens (tertiary/aromatic N) is 2. The lowest BCUT2D eigenvalue weighted by Crippen LogP contribution is -2.26. The van der Waals surface area contributed by atoms with Crippen LogP contribution in [-0.4, -0.2) is 22.2 Å². The SMILES string of the molecule is CCCCNC(=O)c1cc(-c2ccc(C)c(C)c2)nn1-c1ccc(Cl)c(Cl)c1. The van der Waals surface area contributed by atoms with Gasteiger partial charge in [-0.2, -0.15) is 5.10 Å². The van der Waals surface area contributed by atoms with Crippen molar-refractivity contribution in [1.82, 2.24) is 15.1 Å². The van der Waals surface area contributed by atoms with E-state index in [9.17, 15) is 4.79 Å². The van der Waals surface area contributed by atoms with Crippen molar-refractivity contribution in [3.8, 4) is 16.9 Å². The van der Waals surface area contributed by atoms with Crippen molar-refractivity contribution in [2.75, 3.05) is 6.54 Å². The molecule has 3 aromatic rings. The number of aryl methyl sites for hydroxylation is 2. The van der Waals surface area contributed by atoms with Gasteiger partial charge in [-0.15, -0.1) is 0 Å². The van der Waals surface area contributed by atoms with Crippen molar-refractivity contribution in [3.05, 3.63) is 69.3 Å². The third kappa shape index (κ3) is 4.40. The van der Waals surface area contributed by atoms with Crippen LogP contribution >= 0.6 is 23.2 Å². The maximum absolute atomic E-state index is 12.8. The first-order valence-electron chi connectivity index (χ1n) is 9.32. The van der Waals surface area contributed by atoms with Gasteiger partial charge in [-0.1, -0.05) is 48.7 Å². The lowest BCUT2D eigenvalue weighted by atomic mass is 10.0. The fraction of sp³-hybridized carbons (Fsp3) is 0.273. The Morgan fingerprint density at radius 1 is 1.04 bits per heavy atom. The molecule has 0 aliphatic rings. The molecule has 0 spiro atoms. The van der Waals surface area contributed by atoms with E-state index in [1.807, 2.05) is 12.1 Å². The van der Waals surface area contributed by atoms with Crippen molar-refractivity contribution in [2.45, 2.75) is 33.6 Å². The molecule has 6 heteroatoms. The first-order valence-corrected chi connectivity index (χ1v) is 10.1. The number of carbonyl (C=O) groups is 1. The predicted octanol–water partition coefficient (Wildman–Crippen LogP) is 5.99. The summed E-state index contributed by atoms with van der Waals surface area (Å²) in [5.41, 5.74) is 5.23. The van der Waals surface area contributed by atoms with E-state index in [-0.39, 0.29) is 5.91 Å². The van der Waals surface area contributed by atoms with Crippen molar-refractivity contribution >= 4 is 29.1 Å². The van der Waals surface area contributed by atoms with Crippen LogP contribution in [0.4, 0.5) is 0 Å². The summed E-state index contributed by atoms with van der Waals surface area (Å²) in [6.45, 7) is 6.85. The zero-order valence-electron chi connectivity index (χ0n) is 16.2. The van der Waals surface area contributed by atoms with Crippen molar-refractivity contribution in [3.63, 3.8) is 0 Å². The minimum atomic E-state index is -0.165. The summed E-state index contributed by atoms with van der Waals surface area (Å²) in [5, 5.41) is 8.53. The molecule has 0 saturated carbocycles. The van der Waals surface area contributed by atoms with Gasteiger partial charge in [0.25, 0.3) is 5.91 Å². The third-order valence-electron chi connectivity index (χ3n) is 4.71. The molecule has 28 heavy (non-hydrogen) atoms. The van der Waals surface area contributed by atoms with Crippen LogP contribution in [0.1, 0.15) is 41.4 Å². The van der Waals surface area contributed by atoms with E-state index in [0.717, 1.165) is 24.1 Å². The highest BCUT2D eigenvalue weighted by Gasteiger charge is 2.18. The summed E-state index contributed by atoms with van der Waals surface area (Å²) in [6, 6.07) is 13.2. The normalized spacial score (nSPS) is 10.9. The van der Waals surface area contributed by atoms with E-state index < -0.39 is 0 Å². The number of nitrogens with one attached hydrogen (secondary N) is 1. The van der Waals surface area contributed by atoms with Gasteiger partial charge in [0.05, 0.1) is 21.4 Å². The molecule has 0 fully saturated rings. The number of carbonyl (C=O) groups excluding carboxylic acids is 1. The lowest BCUT2D eigenvalue weighted by Gasteiger charge is -2.09. The number of halogens is 2. The van der Waals surface area contributed by atoms with Gasteiger partial charge in [-0.3, -0.25) is 4.79 Å². The van der Waals surface area contributed by atoms with Crippen LogP contribution in [0.15, 0.2) is 42.5 Å². The topological polar surface area (TPSA) is 46.9 Å². The molecule has 0 saturated heterocycles. The highest BCUT2D eigenvalue weighted by Crippen LogP contribution is 2.27. The van der Waals surface area contributed by atoms with Gasteiger partial charge in [-0.25, -0.2) is 4.68 Å². The Kier molecular flexibility index (Phi) is 6.42. The van der Waals surface area contributed by atoms with Crippen LogP contribution < -0.4 is 5.32 Å². The molecule has 2 aromatic carbocycles. The summed E-state index contributed by atoms with van der Waals surface area (Å²) in [6.07, 6.45) is 1.94. The standard InChI is InChI=1S/C22H23Cl2N3O/c1-4-5-10-25-22(28)21-13-20(16-7-6-14(2)15(3)11-16)26-27(21)17-8-9-18(23)19(24)12-17/h6-9,11-13H,4-5,10H2,1-3H3,(H,25,28). The molecular weight excluding hydrogens is 393 g/mol. The monoisotopic (exact) mass is 415 g/mol. The molecule has 0 radical (unpaired) electrons. The van der Waals surface area contributed by atoms with Crippen LogP contribution in [0.3, 0.4) is 0 Å². The average Bonchev–Trinajstić information content (AvgIpc) is 3.12. The minimum Gasteiger partial charge on any atom is -0.351 e. The van der Waals surface area contributed by atoms with E-state index in [1.54, 1.807) is 22.9 Å². The minimum absolute atomic E-state index is 0.165. The number of aromatic nitrogens is 2. The number of benzene rings is 2. The van der Waals surface area contributed by atoms with Gasteiger partial charge >= 0.3 is 0 Å². The van der Waals surface area contributed by atoms with E-state index in [0.29, 0.717) is 28.0 Å².